The monoisotopic (exact) mass is 350 g/mol. The van der Waals surface area contributed by atoms with Crippen molar-refractivity contribution in [2.45, 2.75) is 19.4 Å². The summed E-state index contributed by atoms with van der Waals surface area (Å²) in [6.45, 7) is 1.45. The SMILES string of the molecule is CC(=O)N1N=C(c2cc(F)c(Cl)cc2Cl)CC1c1ccccc1. The number of hydrogen-bond acceptors (Lipinski definition) is 2. The molecule has 1 amide bonds. The Balaban J connectivity index is 2.01. The second-order valence-electron chi connectivity index (χ2n) is 5.29. The second kappa shape index (κ2) is 6.30. The van der Waals surface area contributed by atoms with Crippen LogP contribution < -0.4 is 0 Å². The summed E-state index contributed by atoms with van der Waals surface area (Å²) in [5, 5.41) is 6.03. The molecule has 0 aromatic heterocycles. The molecule has 0 saturated carbocycles. The first-order valence-corrected chi connectivity index (χ1v) is 7.80. The van der Waals surface area contributed by atoms with Gasteiger partial charge in [-0.3, -0.25) is 4.79 Å². The van der Waals surface area contributed by atoms with Crippen LogP contribution in [0.25, 0.3) is 0 Å². The van der Waals surface area contributed by atoms with E-state index in [1.165, 1.54) is 24.1 Å². The maximum Gasteiger partial charge on any atom is 0.240 e. The minimum Gasteiger partial charge on any atom is -0.273 e. The zero-order chi connectivity index (χ0) is 16.6. The standard InChI is InChI=1S/C17H13Cl2FN2O/c1-10(23)22-17(11-5-3-2-4-6-11)9-16(21-22)12-7-15(20)14(19)8-13(12)18/h2-8,17H,9H2,1H3. The highest BCUT2D eigenvalue weighted by atomic mass is 35.5. The van der Waals surface area contributed by atoms with Crippen LogP contribution in [0.5, 0.6) is 0 Å². The summed E-state index contributed by atoms with van der Waals surface area (Å²) in [7, 11) is 0. The van der Waals surface area contributed by atoms with Gasteiger partial charge in [0.2, 0.25) is 5.91 Å². The normalized spacial score (nSPS) is 17.3. The van der Waals surface area contributed by atoms with Gasteiger partial charge in [-0.05, 0) is 17.7 Å². The molecule has 23 heavy (non-hydrogen) atoms. The van der Waals surface area contributed by atoms with Crippen LogP contribution in [-0.2, 0) is 4.79 Å². The van der Waals surface area contributed by atoms with Crippen LogP contribution in [0.2, 0.25) is 10.0 Å². The lowest BCUT2D eigenvalue weighted by Gasteiger charge is -2.20. The Labute approximate surface area is 143 Å². The molecule has 1 aliphatic rings. The van der Waals surface area contributed by atoms with Gasteiger partial charge in [0.15, 0.2) is 0 Å². The summed E-state index contributed by atoms with van der Waals surface area (Å²) in [6.07, 6.45) is 0.463. The molecule has 2 aromatic carbocycles. The van der Waals surface area contributed by atoms with E-state index < -0.39 is 5.82 Å². The molecule has 6 heteroatoms. The van der Waals surface area contributed by atoms with Gasteiger partial charge in [0.05, 0.1) is 21.8 Å². The van der Waals surface area contributed by atoms with Crippen LogP contribution in [0, 0.1) is 5.82 Å². The third-order valence-electron chi connectivity index (χ3n) is 3.74. The third-order valence-corrected chi connectivity index (χ3v) is 4.34. The minimum atomic E-state index is -0.564. The number of nitrogens with zero attached hydrogens (tertiary/aromatic N) is 2. The fraction of sp³-hybridized carbons (Fsp3) is 0.176. The molecule has 118 valence electrons. The zero-order valence-electron chi connectivity index (χ0n) is 12.3. The molecule has 0 radical (unpaired) electrons. The maximum atomic E-state index is 13.8. The number of rotatable bonds is 2. The van der Waals surface area contributed by atoms with E-state index in [4.69, 9.17) is 23.2 Å². The lowest BCUT2D eigenvalue weighted by molar-refractivity contribution is -0.130. The van der Waals surface area contributed by atoms with E-state index in [0.717, 1.165) is 5.56 Å². The van der Waals surface area contributed by atoms with Gasteiger partial charge in [0.1, 0.15) is 5.82 Å². The van der Waals surface area contributed by atoms with Gasteiger partial charge in [-0.2, -0.15) is 5.10 Å². The second-order valence-corrected chi connectivity index (χ2v) is 6.10. The predicted octanol–water partition coefficient (Wildman–Crippen LogP) is 4.83. The van der Waals surface area contributed by atoms with E-state index >= 15 is 0 Å². The first-order chi connectivity index (χ1) is 11.0. The molecule has 0 fully saturated rings. The maximum absolute atomic E-state index is 13.8. The molecule has 3 rings (SSSR count). The van der Waals surface area contributed by atoms with Crippen LogP contribution in [0.3, 0.4) is 0 Å². The van der Waals surface area contributed by atoms with Gasteiger partial charge >= 0.3 is 0 Å². The predicted molar refractivity (Wildman–Crippen MR) is 89.3 cm³/mol. The number of amides is 1. The summed E-state index contributed by atoms with van der Waals surface area (Å²) >= 11 is 11.9. The number of carbonyl (C=O) groups is 1. The first kappa shape index (κ1) is 16.0. The van der Waals surface area contributed by atoms with Crippen molar-refractivity contribution in [3.63, 3.8) is 0 Å². The van der Waals surface area contributed by atoms with Crippen molar-refractivity contribution in [1.29, 1.82) is 0 Å². The fourth-order valence-corrected chi connectivity index (χ4v) is 3.13. The number of hydrogen-bond donors (Lipinski definition) is 0. The highest BCUT2D eigenvalue weighted by Gasteiger charge is 2.32. The van der Waals surface area contributed by atoms with E-state index in [2.05, 4.69) is 5.10 Å². The van der Waals surface area contributed by atoms with Crippen LogP contribution in [0.4, 0.5) is 4.39 Å². The summed E-state index contributed by atoms with van der Waals surface area (Å²) in [6, 6.07) is 12.0. The largest absolute Gasteiger partial charge is 0.273 e. The van der Waals surface area contributed by atoms with Crippen molar-refractivity contribution in [1.82, 2.24) is 5.01 Å². The van der Waals surface area contributed by atoms with Crippen molar-refractivity contribution in [2.24, 2.45) is 5.10 Å². The molecule has 0 spiro atoms. The molecule has 1 atom stereocenters. The molecular formula is C17H13Cl2FN2O. The van der Waals surface area contributed by atoms with E-state index in [1.807, 2.05) is 30.3 Å². The van der Waals surface area contributed by atoms with Crippen LogP contribution in [0.1, 0.15) is 30.5 Å². The lowest BCUT2D eigenvalue weighted by atomic mass is 9.98. The summed E-state index contributed by atoms with van der Waals surface area (Å²) in [5.41, 5.74) is 1.99. The lowest BCUT2D eigenvalue weighted by Crippen LogP contribution is -2.24. The zero-order valence-corrected chi connectivity index (χ0v) is 13.8. The van der Waals surface area contributed by atoms with Crippen molar-refractivity contribution in [3.8, 4) is 0 Å². The summed E-state index contributed by atoms with van der Waals surface area (Å²) in [5.74, 6) is -0.745. The van der Waals surface area contributed by atoms with E-state index in [1.54, 1.807) is 0 Å². The topological polar surface area (TPSA) is 32.7 Å². The fourth-order valence-electron chi connectivity index (χ4n) is 2.64. The van der Waals surface area contributed by atoms with Gasteiger partial charge in [0.25, 0.3) is 0 Å². The van der Waals surface area contributed by atoms with Gasteiger partial charge in [0, 0.05) is 18.9 Å². The Kier molecular flexibility index (Phi) is 4.37. The molecular weight excluding hydrogens is 338 g/mol. The van der Waals surface area contributed by atoms with Gasteiger partial charge < -0.3 is 0 Å². The quantitative estimate of drug-likeness (QED) is 0.714. The number of hydrazone groups is 1. The highest BCUT2D eigenvalue weighted by Crippen LogP contribution is 2.35. The Morgan fingerprint density at radius 2 is 1.91 bits per heavy atom. The van der Waals surface area contributed by atoms with Crippen LogP contribution in [0.15, 0.2) is 47.6 Å². The molecule has 2 aromatic rings. The van der Waals surface area contributed by atoms with Gasteiger partial charge in [-0.1, -0.05) is 53.5 Å². The number of halogens is 3. The van der Waals surface area contributed by atoms with Crippen molar-refractivity contribution in [2.75, 3.05) is 0 Å². The van der Waals surface area contributed by atoms with Gasteiger partial charge in [-0.25, -0.2) is 9.40 Å². The Morgan fingerprint density at radius 1 is 1.22 bits per heavy atom. The molecule has 1 aliphatic heterocycles. The molecule has 1 heterocycles. The molecule has 3 nitrogen and oxygen atoms in total. The van der Waals surface area contributed by atoms with Crippen molar-refractivity contribution < 1.29 is 9.18 Å². The van der Waals surface area contributed by atoms with Crippen molar-refractivity contribution in [3.05, 3.63) is 69.5 Å². The Morgan fingerprint density at radius 3 is 2.57 bits per heavy atom. The average Bonchev–Trinajstić information content (AvgIpc) is 2.97. The van der Waals surface area contributed by atoms with Gasteiger partial charge in [-0.15, -0.1) is 0 Å². The smallest absolute Gasteiger partial charge is 0.240 e. The molecule has 1 unspecified atom stereocenters. The van der Waals surface area contributed by atoms with E-state index in [0.29, 0.717) is 22.7 Å². The van der Waals surface area contributed by atoms with Crippen molar-refractivity contribution >= 4 is 34.8 Å². The summed E-state index contributed by atoms with van der Waals surface area (Å²) in [4.78, 5) is 11.9. The van der Waals surface area contributed by atoms with E-state index in [-0.39, 0.29) is 17.0 Å². The number of carbonyl (C=O) groups excluding carboxylic acids is 1. The third kappa shape index (κ3) is 3.09. The first-order valence-electron chi connectivity index (χ1n) is 7.04. The minimum absolute atomic E-state index is 0.0413. The Bertz CT molecular complexity index is 793. The molecule has 0 bridgehead atoms. The number of benzene rings is 2. The van der Waals surface area contributed by atoms with Crippen LogP contribution in [-0.4, -0.2) is 16.6 Å². The average molecular weight is 351 g/mol. The highest BCUT2D eigenvalue weighted by molar-refractivity contribution is 6.37. The Hall–Kier alpha value is -1.91. The summed E-state index contributed by atoms with van der Waals surface area (Å²) < 4.78 is 13.8. The molecule has 0 saturated heterocycles. The molecule has 0 aliphatic carbocycles. The van der Waals surface area contributed by atoms with Crippen LogP contribution >= 0.6 is 23.2 Å². The van der Waals surface area contributed by atoms with E-state index in [9.17, 15) is 9.18 Å². The molecule has 0 N–H and O–H groups in total.